The van der Waals surface area contributed by atoms with Crippen LogP contribution in [-0.4, -0.2) is 12.8 Å². The van der Waals surface area contributed by atoms with Crippen LogP contribution < -0.4 is 5.32 Å². The van der Waals surface area contributed by atoms with Gasteiger partial charge in [0.2, 0.25) is 0 Å². The Morgan fingerprint density at radius 2 is 2.06 bits per heavy atom. The summed E-state index contributed by atoms with van der Waals surface area (Å²) in [4.78, 5) is 1.33. The summed E-state index contributed by atoms with van der Waals surface area (Å²) in [5.41, 5.74) is 1.41. The summed E-state index contributed by atoms with van der Waals surface area (Å²) < 4.78 is 0. The summed E-state index contributed by atoms with van der Waals surface area (Å²) in [6, 6.07) is 9.43. The van der Waals surface area contributed by atoms with Gasteiger partial charge in [-0.1, -0.05) is 25.1 Å². The van der Waals surface area contributed by atoms with E-state index >= 15 is 0 Å². The maximum Gasteiger partial charge on any atom is 0.0320 e. The van der Waals surface area contributed by atoms with Gasteiger partial charge in [-0.25, -0.2) is 0 Å². The molecule has 1 nitrogen and oxygen atoms in total. The lowest BCUT2D eigenvalue weighted by atomic mass is 10.0. The zero-order valence-electron chi connectivity index (χ0n) is 11.6. The number of rotatable bonds is 9. The van der Waals surface area contributed by atoms with Crippen molar-refractivity contribution >= 4 is 11.8 Å². The molecule has 1 unspecified atom stereocenters. The fraction of sp³-hybridized carbons (Fsp3) is 0.500. The average molecular weight is 263 g/mol. The van der Waals surface area contributed by atoms with Gasteiger partial charge in [-0.2, -0.15) is 0 Å². The summed E-state index contributed by atoms with van der Waals surface area (Å²) in [5.74, 6) is 0. The molecule has 1 rings (SSSR count). The van der Waals surface area contributed by atoms with Crippen molar-refractivity contribution in [1.82, 2.24) is 5.32 Å². The predicted molar refractivity (Wildman–Crippen MR) is 83.3 cm³/mol. The van der Waals surface area contributed by atoms with Gasteiger partial charge in [0, 0.05) is 10.9 Å². The Labute approximate surface area is 116 Å². The molecule has 0 aliphatic heterocycles. The van der Waals surface area contributed by atoms with E-state index in [0.29, 0.717) is 6.04 Å². The molecule has 0 heterocycles. The molecule has 0 aliphatic rings. The van der Waals surface area contributed by atoms with Crippen LogP contribution in [-0.2, 0) is 0 Å². The van der Waals surface area contributed by atoms with Gasteiger partial charge in [-0.3, -0.25) is 0 Å². The Bertz CT molecular complexity index is 331. The quantitative estimate of drug-likeness (QED) is 0.390. The fourth-order valence-corrected chi connectivity index (χ4v) is 2.42. The molecule has 18 heavy (non-hydrogen) atoms. The Morgan fingerprint density at radius 3 is 2.61 bits per heavy atom. The molecule has 2 heteroatoms. The number of nitrogens with one attached hydrogen (secondary N) is 1. The third kappa shape index (κ3) is 5.28. The van der Waals surface area contributed by atoms with Crippen LogP contribution >= 0.6 is 11.8 Å². The van der Waals surface area contributed by atoms with Crippen LogP contribution in [0, 0.1) is 0 Å². The lowest BCUT2D eigenvalue weighted by Crippen LogP contribution is -2.22. The van der Waals surface area contributed by atoms with Crippen LogP contribution in [0.5, 0.6) is 0 Å². The Balaban J connectivity index is 2.63. The van der Waals surface area contributed by atoms with Crippen LogP contribution in [0.1, 0.15) is 44.2 Å². The largest absolute Gasteiger partial charge is 0.310 e. The second kappa shape index (κ2) is 9.23. The molecule has 0 amide bonds. The van der Waals surface area contributed by atoms with Crippen LogP contribution in [0.15, 0.2) is 41.8 Å². The van der Waals surface area contributed by atoms with Crippen molar-refractivity contribution in [3.63, 3.8) is 0 Å². The molecule has 0 spiro atoms. The van der Waals surface area contributed by atoms with Gasteiger partial charge < -0.3 is 5.32 Å². The molecule has 0 aliphatic carbocycles. The van der Waals surface area contributed by atoms with Gasteiger partial charge in [0.05, 0.1) is 0 Å². The maximum atomic E-state index is 3.79. The molecule has 1 aromatic carbocycles. The topological polar surface area (TPSA) is 12.0 Å². The van der Waals surface area contributed by atoms with Gasteiger partial charge >= 0.3 is 0 Å². The molecular formula is C16H25NS. The van der Waals surface area contributed by atoms with Gasteiger partial charge in [-0.05, 0) is 56.2 Å². The molecule has 0 saturated carbocycles. The predicted octanol–water partition coefficient (Wildman–Crippen LogP) is 4.81. The van der Waals surface area contributed by atoms with E-state index in [-0.39, 0.29) is 0 Å². The van der Waals surface area contributed by atoms with Crippen LogP contribution in [0.4, 0.5) is 0 Å². The molecule has 100 valence electrons. The van der Waals surface area contributed by atoms with Crippen LogP contribution in [0.25, 0.3) is 0 Å². The highest BCUT2D eigenvalue weighted by molar-refractivity contribution is 7.98. The summed E-state index contributed by atoms with van der Waals surface area (Å²) in [7, 11) is 0. The minimum absolute atomic E-state index is 0.487. The number of hydrogen-bond acceptors (Lipinski definition) is 2. The Morgan fingerprint density at radius 1 is 1.33 bits per heavy atom. The number of thioether (sulfide) groups is 1. The SMILES string of the molecule is C=CCCCC(NCCC)c1ccc(SC)cc1. The van der Waals surface area contributed by atoms with Gasteiger partial charge in [0.15, 0.2) is 0 Å². The van der Waals surface area contributed by atoms with Crippen LogP contribution in [0.2, 0.25) is 0 Å². The van der Waals surface area contributed by atoms with Gasteiger partial charge in [-0.15, -0.1) is 18.3 Å². The first-order valence-corrected chi connectivity index (χ1v) is 8.02. The second-order valence-corrected chi connectivity index (χ2v) is 5.38. The highest BCUT2D eigenvalue weighted by atomic mass is 32.2. The fourth-order valence-electron chi connectivity index (χ4n) is 2.01. The van der Waals surface area contributed by atoms with E-state index in [1.807, 2.05) is 6.08 Å². The Kier molecular flexibility index (Phi) is 7.86. The first-order valence-electron chi connectivity index (χ1n) is 6.80. The van der Waals surface area contributed by atoms with E-state index in [2.05, 4.69) is 49.3 Å². The number of allylic oxidation sites excluding steroid dienone is 1. The Hall–Kier alpha value is -0.730. The minimum Gasteiger partial charge on any atom is -0.310 e. The molecular weight excluding hydrogens is 238 g/mol. The number of unbranched alkanes of at least 4 members (excludes halogenated alkanes) is 1. The number of benzene rings is 1. The second-order valence-electron chi connectivity index (χ2n) is 4.50. The summed E-state index contributed by atoms with van der Waals surface area (Å²) in [5, 5.41) is 3.64. The van der Waals surface area contributed by atoms with Crippen molar-refractivity contribution in [2.45, 2.75) is 43.5 Å². The van der Waals surface area contributed by atoms with E-state index in [9.17, 15) is 0 Å². The highest BCUT2D eigenvalue weighted by Gasteiger charge is 2.09. The first kappa shape index (κ1) is 15.3. The molecule has 0 fully saturated rings. The zero-order valence-corrected chi connectivity index (χ0v) is 12.4. The van der Waals surface area contributed by atoms with Crippen molar-refractivity contribution < 1.29 is 0 Å². The minimum atomic E-state index is 0.487. The van der Waals surface area contributed by atoms with Crippen molar-refractivity contribution in [2.24, 2.45) is 0 Å². The smallest absolute Gasteiger partial charge is 0.0320 e. The normalized spacial score (nSPS) is 12.3. The first-order chi connectivity index (χ1) is 8.81. The van der Waals surface area contributed by atoms with E-state index in [1.54, 1.807) is 11.8 Å². The molecule has 1 atom stereocenters. The molecule has 0 radical (unpaired) electrons. The highest BCUT2D eigenvalue weighted by Crippen LogP contribution is 2.22. The van der Waals surface area contributed by atoms with E-state index in [4.69, 9.17) is 0 Å². The monoisotopic (exact) mass is 263 g/mol. The van der Waals surface area contributed by atoms with Crippen molar-refractivity contribution in [3.05, 3.63) is 42.5 Å². The molecule has 1 aromatic rings. The zero-order chi connectivity index (χ0) is 13.2. The third-order valence-electron chi connectivity index (χ3n) is 3.06. The molecule has 1 N–H and O–H groups in total. The van der Waals surface area contributed by atoms with E-state index in [1.165, 1.54) is 29.7 Å². The van der Waals surface area contributed by atoms with E-state index < -0.39 is 0 Å². The van der Waals surface area contributed by atoms with Gasteiger partial charge in [0.25, 0.3) is 0 Å². The molecule has 0 aromatic heterocycles. The maximum absolute atomic E-state index is 3.79. The standard InChI is InChI=1S/C16H25NS/c1-4-6-7-8-16(17-13-5-2)14-9-11-15(18-3)12-10-14/h4,9-12,16-17H,1,5-8,13H2,2-3H3. The lowest BCUT2D eigenvalue weighted by molar-refractivity contribution is 0.486. The summed E-state index contributed by atoms with van der Waals surface area (Å²) in [6.45, 7) is 7.09. The van der Waals surface area contributed by atoms with Crippen LogP contribution in [0.3, 0.4) is 0 Å². The third-order valence-corrected chi connectivity index (χ3v) is 3.80. The summed E-state index contributed by atoms with van der Waals surface area (Å²) in [6.07, 6.45) is 8.80. The van der Waals surface area contributed by atoms with E-state index in [0.717, 1.165) is 13.0 Å². The average Bonchev–Trinajstić information content (AvgIpc) is 2.43. The number of hydrogen-bond donors (Lipinski definition) is 1. The molecule has 0 bridgehead atoms. The van der Waals surface area contributed by atoms with Crippen molar-refractivity contribution in [2.75, 3.05) is 12.8 Å². The van der Waals surface area contributed by atoms with Crippen molar-refractivity contribution in [1.29, 1.82) is 0 Å². The summed E-state index contributed by atoms with van der Waals surface area (Å²) >= 11 is 1.79. The van der Waals surface area contributed by atoms with Crippen molar-refractivity contribution in [3.8, 4) is 0 Å². The molecule has 0 saturated heterocycles. The van der Waals surface area contributed by atoms with Gasteiger partial charge in [0.1, 0.15) is 0 Å². The lowest BCUT2D eigenvalue weighted by Gasteiger charge is -2.19.